The molecule has 0 N–H and O–H groups in total. The predicted molar refractivity (Wildman–Crippen MR) is 116 cm³/mol. The van der Waals surface area contributed by atoms with Gasteiger partial charge in [0.25, 0.3) is 0 Å². The van der Waals surface area contributed by atoms with E-state index in [1.807, 2.05) is 72.8 Å². The molecule has 0 aromatic heterocycles. The summed E-state index contributed by atoms with van der Waals surface area (Å²) in [5.74, 6) is 1.53. The fraction of sp³-hybridized carbons (Fsp3) is 0.240. The average molecular weight is 403 g/mol. The van der Waals surface area contributed by atoms with E-state index in [9.17, 15) is 4.79 Å². The number of methoxy groups -OCH3 is 1. The first kappa shape index (κ1) is 19.8. The number of anilines is 1. The summed E-state index contributed by atoms with van der Waals surface area (Å²) in [7, 11) is 1.64. The van der Waals surface area contributed by atoms with Gasteiger partial charge in [0.15, 0.2) is 0 Å². The molecule has 1 aliphatic heterocycles. The van der Waals surface area contributed by atoms with E-state index in [4.69, 9.17) is 14.2 Å². The van der Waals surface area contributed by atoms with E-state index in [2.05, 4.69) is 6.07 Å². The van der Waals surface area contributed by atoms with Gasteiger partial charge >= 0.3 is 6.09 Å². The van der Waals surface area contributed by atoms with E-state index < -0.39 is 0 Å². The van der Waals surface area contributed by atoms with Crippen molar-refractivity contribution >= 4 is 11.8 Å². The molecule has 0 aliphatic carbocycles. The van der Waals surface area contributed by atoms with Gasteiger partial charge in [0, 0.05) is 0 Å². The molecule has 154 valence electrons. The molecular formula is C25H25NO4. The van der Waals surface area contributed by atoms with E-state index in [0.717, 1.165) is 41.2 Å². The van der Waals surface area contributed by atoms with Gasteiger partial charge in [-0.25, -0.2) is 4.79 Å². The molecule has 0 saturated heterocycles. The van der Waals surface area contributed by atoms with E-state index in [0.29, 0.717) is 6.54 Å². The Morgan fingerprint density at radius 3 is 2.40 bits per heavy atom. The van der Waals surface area contributed by atoms with Crippen LogP contribution in [0, 0.1) is 0 Å². The molecule has 1 atom stereocenters. The number of nitrogens with zero attached hydrogens (tertiary/aromatic N) is 1. The van der Waals surface area contributed by atoms with Crippen LogP contribution in [0.4, 0.5) is 10.5 Å². The number of hydrogen-bond acceptors (Lipinski definition) is 4. The van der Waals surface area contributed by atoms with Crippen molar-refractivity contribution in [2.75, 3.05) is 18.6 Å². The lowest BCUT2D eigenvalue weighted by molar-refractivity contribution is 0.140. The second kappa shape index (κ2) is 9.35. The number of carbonyl (C=O) groups is 1. The Morgan fingerprint density at radius 1 is 0.933 bits per heavy atom. The summed E-state index contributed by atoms with van der Waals surface area (Å²) in [5.41, 5.74) is 2.96. The fourth-order valence-electron chi connectivity index (χ4n) is 3.61. The molecule has 1 heterocycles. The Balaban J connectivity index is 1.50. The molecule has 1 amide bonds. The molecule has 5 heteroatoms. The molecule has 1 unspecified atom stereocenters. The van der Waals surface area contributed by atoms with Crippen molar-refractivity contribution in [3.8, 4) is 11.5 Å². The summed E-state index contributed by atoms with van der Waals surface area (Å²) in [6, 6.07) is 25.2. The second-order valence-electron chi connectivity index (χ2n) is 7.23. The van der Waals surface area contributed by atoms with Gasteiger partial charge in [-0.1, -0.05) is 48.5 Å². The quantitative estimate of drug-likeness (QED) is 0.585. The van der Waals surface area contributed by atoms with E-state index in [-0.39, 0.29) is 18.8 Å². The number of hydrogen-bond donors (Lipinski definition) is 0. The Labute approximate surface area is 176 Å². The number of amides is 1. The molecule has 30 heavy (non-hydrogen) atoms. The minimum absolute atomic E-state index is 0.143. The van der Waals surface area contributed by atoms with Gasteiger partial charge in [-0.05, 0) is 54.3 Å². The van der Waals surface area contributed by atoms with Crippen LogP contribution in [0.2, 0.25) is 0 Å². The number of aryl methyl sites for hydroxylation is 1. The first-order valence-electron chi connectivity index (χ1n) is 10.1. The van der Waals surface area contributed by atoms with Gasteiger partial charge in [0.2, 0.25) is 0 Å². The molecule has 0 saturated carbocycles. The fourth-order valence-corrected chi connectivity index (χ4v) is 3.61. The monoisotopic (exact) mass is 403 g/mol. The van der Waals surface area contributed by atoms with E-state index in [1.165, 1.54) is 0 Å². The second-order valence-corrected chi connectivity index (χ2v) is 7.23. The highest BCUT2D eigenvalue weighted by molar-refractivity contribution is 5.89. The van der Waals surface area contributed by atoms with Gasteiger partial charge < -0.3 is 14.2 Å². The van der Waals surface area contributed by atoms with Crippen molar-refractivity contribution < 1.29 is 19.0 Å². The first-order valence-corrected chi connectivity index (χ1v) is 10.1. The lowest BCUT2D eigenvalue weighted by Crippen LogP contribution is -2.39. The van der Waals surface area contributed by atoms with Gasteiger partial charge in [-0.2, -0.15) is 0 Å². The van der Waals surface area contributed by atoms with E-state index >= 15 is 0 Å². The van der Waals surface area contributed by atoms with Crippen molar-refractivity contribution in [3.05, 3.63) is 90.0 Å². The zero-order chi connectivity index (χ0) is 20.8. The molecule has 0 radical (unpaired) electrons. The molecule has 4 rings (SSSR count). The third-order valence-corrected chi connectivity index (χ3v) is 5.19. The largest absolute Gasteiger partial charge is 0.497 e. The molecule has 0 fully saturated rings. The summed E-state index contributed by atoms with van der Waals surface area (Å²) < 4.78 is 17.0. The summed E-state index contributed by atoms with van der Waals surface area (Å²) >= 11 is 0. The minimum atomic E-state index is -0.364. The van der Waals surface area contributed by atoms with Gasteiger partial charge in [-0.15, -0.1) is 0 Å². The number of para-hydroxylation sites is 1. The molecule has 3 aromatic carbocycles. The zero-order valence-electron chi connectivity index (χ0n) is 17.0. The maximum Gasteiger partial charge on any atom is 0.414 e. The SMILES string of the molecule is COc1ccc(OC2CCc3ccccc3N(C(=O)OCc3ccccc3)C2)cc1. The smallest absolute Gasteiger partial charge is 0.414 e. The van der Waals surface area contributed by atoms with Crippen molar-refractivity contribution in [2.24, 2.45) is 0 Å². The summed E-state index contributed by atoms with van der Waals surface area (Å²) in [5, 5.41) is 0. The normalized spacial score (nSPS) is 15.6. The van der Waals surface area contributed by atoms with Crippen LogP contribution in [0.15, 0.2) is 78.9 Å². The Hall–Kier alpha value is -3.47. The van der Waals surface area contributed by atoms with Crippen LogP contribution in [-0.2, 0) is 17.8 Å². The van der Waals surface area contributed by atoms with Crippen LogP contribution in [0.25, 0.3) is 0 Å². The Morgan fingerprint density at radius 2 is 1.63 bits per heavy atom. The number of fused-ring (bicyclic) bond motifs is 1. The summed E-state index contributed by atoms with van der Waals surface area (Å²) in [6.07, 6.45) is 1.14. The number of ether oxygens (including phenoxy) is 3. The first-order chi connectivity index (χ1) is 14.7. The molecule has 3 aromatic rings. The van der Waals surface area contributed by atoms with Gasteiger partial charge in [0.05, 0.1) is 19.3 Å². The minimum Gasteiger partial charge on any atom is -0.497 e. The standard InChI is InChI=1S/C25H25NO4/c1-28-21-13-15-22(16-14-21)30-23-12-11-20-9-5-6-10-24(20)26(17-23)25(27)29-18-19-7-3-2-4-8-19/h2-10,13-16,23H,11-12,17-18H2,1H3. The van der Waals surface area contributed by atoms with Crippen molar-refractivity contribution in [1.82, 2.24) is 0 Å². The summed E-state index contributed by atoms with van der Waals surface area (Å²) in [6.45, 7) is 0.666. The molecule has 1 aliphatic rings. The lowest BCUT2D eigenvalue weighted by Gasteiger charge is -2.26. The number of carbonyl (C=O) groups excluding carboxylic acids is 1. The molecule has 5 nitrogen and oxygen atoms in total. The highest BCUT2D eigenvalue weighted by Gasteiger charge is 2.28. The molecular weight excluding hydrogens is 378 g/mol. The molecule has 0 bridgehead atoms. The number of benzene rings is 3. The Bertz CT molecular complexity index is 972. The highest BCUT2D eigenvalue weighted by atomic mass is 16.6. The average Bonchev–Trinajstić information content (AvgIpc) is 2.98. The number of rotatable bonds is 5. The van der Waals surface area contributed by atoms with Crippen LogP contribution in [-0.4, -0.2) is 25.9 Å². The van der Waals surface area contributed by atoms with Crippen LogP contribution < -0.4 is 14.4 Å². The third kappa shape index (κ3) is 4.74. The highest BCUT2D eigenvalue weighted by Crippen LogP contribution is 2.29. The van der Waals surface area contributed by atoms with Crippen LogP contribution in [0.3, 0.4) is 0 Å². The summed E-state index contributed by atoms with van der Waals surface area (Å²) in [4.78, 5) is 14.7. The third-order valence-electron chi connectivity index (χ3n) is 5.19. The van der Waals surface area contributed by atoms with Gasteiger partial charge in [0.1, 0.15) is 24.2 Å². The van der Waals surface area contributed by atoms with Crippen LogP contribution >= 0.6 is 0 Å². The van der Waals surface area contributed by atoms with Crippen molar-refractivity contribution in [2.45, 2.75) is 25.6 Å². The van der Waals surface area contributed by atoms with E-state index in [1.54, 1.807) is 12.0 Å². The Kier molecular flexibility index (Phi) is 6.18. The zero-order valence-corrected chi connectivity index (χ0v) is 17.0. The maximum absolute atomic E-state index is 13.0. The van der Waals surface area contributed by atoms with Crippen molar-refractivity contribution in [1.29, 1.82) is 0 Å². The topological polar surface area (TPSA) is 48.0 Å². The predicted octanol–water partition coefficient (Wildman–Crippen LogP) is 5.23. The van der Waals surface area contributed by atoms with Crippen molar-refractivity contribution in [3.63, 3.8) is 0 Å². The lowest BCUT2D eigenvalue weighted by atomic mass is 10.1. The van der Waals surface area contributed by atoms with Crippen LogP contribution in [0.1, 0.15) is 17.5 Å². The molecule has 0 spiro atoms. The maximum atomic E-state index is 13.0. The van der Waals surface area contributed by atoms with Gasteiger partial charge in [-0.3, -0.25) is 4.90 Å². The van der Waals surface area contributed by atoms with Crippen LogP contribution in [0.5, 0.6) is 11.5 Å².